The second-order valence-corrected chi connectivity index (χ2v) is 3.53. The molecule has 0 bridgehead atoms. The van der Waals surface area contributed by atoms with Gasteiger partial charge in [0, 0.05) is 26.2 Å². The van der Waals surface area contributed by atoms with E-state index in [-0.39, 0.29) is 0 Å². The van der Waals surface area contributed by atoms with Gasteiger partial charge in [-0.1, -0.05) is 0 Å². The van der Waals surface area contributed by atoms with E-state index in [1.807, 2.05) is 0 Å². The third kappa shape index (κ3) is 2.69. The number of nitrogens with zero attached hydrogens (tertiary/aromatic N) is 2. The molecule has 1 atom stereocenters. The summed E-state index contributed by atoms with van der Waals surface area (Å²) in [6.45, 7) is 1.66. The summed E-state index contributed by atoms with van der Waals surface area (Å²) in [4.78, 5) is 36.0. The van der Waals surface area contributed by atoms with E-state index < -0.39 is 17.9 Å². The maximum atomic E-state index is 11.7. The van der Waals surface area contributed by atoms with Crippen molar-refractivity contribution in [1.29, 1.82) is 0 Å². The molecule has 1 rings (SSSR count). The van der Waals surface area contributed by atoms with Crippen LogP contribution < -0.4 is 5.32 Å². The molecular formula is C9H15N3O4. The number of piperazine rings is 1. The Balaban J connectivity index is 2.55. The van der Waals surface area contributed by atoms with Gasteiger partial charge in [-0.15, -0.1) is 0 Å². The summed E-state index contributed by atoms with van der Waals surface area (Å²) in [7, 11) is 1.43. The third-order valence-electron chi connectivity index (χ3n) is 2.56. The molecule has 0 radical (unpaired) electrons. The minimum Gasteiger partial charge on any atom is -0.480 e. The first-order valence-corrected chi connectivity index (χ1v) is 4.98. The van der Waals surface area contributed by atoms with Gasteiger partial charge in [-0.05, 0) is 7.05 Å². The number of carboxylic acids is 1. The van der Waals surface area contributed by atoms with Crippen LogP contribution in [0.3, 0.4) is 0 Å². The average Bonchev–Trinajstić information content (AvgIpc) is 2.29. The van der Waals surface area contributed by atoms with Gasteiger partial charge in [0.15, 0.2) is 6.04 Å². The zero-order valence-electron chi connectivity index (χ0n) is 9.05. The first-order chi connectivity index (χ1) is 7.60. The van der Waals surface area contributed by atoms with Gasteiger partial charge in [0.25, 0.3) is 5.91 Å². The second kappa shape index (κ2) is 5.45. The number of nitrogens with one attached hydrogen (secondary N) is 1. The number of hydrogen-bond donors (Lipinski definition) is 2. The number of rotatable bonds is 4. The first kappa shape index (κ1) is 12.4. The van der Waals surface area contributed by atoms with Gasteiger partial charge in [-0.2, -0.15) is 0 Å². The van der Waals surface area contributed by atoms with E-state index in [1.165, 1.54) is 11.9 Å². The minimum atomic E-state index is -1.21. The van der Waals surface area contributed by atoms with Gasteiger partial charge < -0.3 is 14.9 Å². The lowest BCUT2D eigenvalue weighted by molar-refractivity contribution is -0.149. The fourth-order valence-corrected chi connectivity index (χ4v) is 1.58. The monoisotopic (exact) mass is 229 g/mol. The van der Waals surface area contributed by atoms with E-state index in [1.54, 1.807) is 4.90 Å². The molecule has 7 nitrogen and oxygen atoms in total. The topological polar surface area (TPSA) is 89.9 Å². The Morgan fingerprint density at radius 1 is 1.31 bits per heavy atom. The molecule has 0 aliphatic carbocycles. The number of hydrogen-bond acceptors (Lipinski definition) is 4. The van der Waals surface area contributed by atoms with Gasteiger partial charge in [-0.25, -0.2) is 4.79 Å². The van der Waals surface area contributed by atoms with Crippen LogP contribution >= 0.6 is 0 Å². The number of aliphatic carboxylic acids is 1. The van der Waals surface area contributed by atoms with Crippen LogP contribution in [0.2, 0.25) is 0 Å². The van der Waals surface area contributed by atoms with Crippen molar-refractivity contribution in [3.05, 3.63) is 0 Å². The summed E-state index contributed by atoms with van der Waals surface area (Å²) >= 11 is 0. The summed E-state index contributed by atoms with van der Waals surface area (Å²) in [6, 6.07) is -1.21. The molecule has 1 fully saturated rings. The van der Waals surface area contributed by atoms with Crippen molar-refractivity contribution in [2.24, 2.45) is 0 Å². The summed E-state index contributed by atoms with van der Waals surface area (Å²) in [6.07, 6.45) is 0.731. The third-order valence-corrected chi connectivity index (χ3v) is 2.56. The summed E-state index contributed by atoms with van der Waals surface area (Å²) in [5.41, 5.74) is 0. The average molecular weight is 229 g/mol. The van der Waals surface area contributed by atoms with Crippen LogP contribution in [0, 0.1) is 0 Å². The van der Waals surface area contributed by atoms with E-state index in [9.17, 15) is 14.4 Å². The Kier molecular flexibility index (Phi) is 4.24. The van der Waals surface area contributed by atoms with E-state index in [4.69, 9.17) is 5.11 Å². The molecule has 0 aromatic carbocycles. The molecule has 1 heterocycles. The molecule has 0 aromatic rings. The Hall–Kier alpha value is -1.63. The first-order valence-electron chi connectivity index (χ1n) is 4.98. The molecule has 7 heteroatoms. The number of carbonyl (C=O) groups is 3. The zero-order chi connectivity index (χ0) is 12.1. The highest BCUT2D eigenvalue weighted by Gasteiger charge is 2.30. The summed E-state index contributed by atoms with van der Waals surface area (Å²) < 4.78 is 0. The standard InChI is InChI=1S/C9H15N3O4/c1-10-7(9(15)16)8(14)12-4-2-11(6-13)3-5-12/h6-7,10H,2-5H2,1H3,(H,15,16). The van der Waals surface area contributed by atoms with Gasteiger partial charge in [0.2, 0.25) is 6.41 Å². The van der Waals surface area contributed by atoms with Crippen molar-refractivity contribution in [2.45, 2.75) is 6.04 Å². The van der Waals surface area contributed by atoms with Crippen LogP contribution in [-0.4, -0.2) is 72.5 Å². The maximum absolute atomic E-state index is 11.7. The SMILES string of the molecule is CNC(C(=O)O)C(=O)N1CCN(C=O)CC1. The van der Waals surface area contributed by atoms with Crippen molar-refractivity contribution < 1.29 is 19.5 Å². The lowest BCUT2D eigenvalue weighted by atomic mass is 10.2. The van der Waals surface area contributed by atoms with Crippen LogP contribution in [0.1, 0.15) is 0 Å². The van der Waals surface area contributed by atoms with E-state index >= 15 is 0 Å². The van der Waals surface area contributed by atoms with Crippen molar-refractivity contribution in [3.63, 3.8) is 0 Å². The van der Waals surface area contributed by atoms with E-state index in [0.717, 1.165) is 6.41 Å². The Morgan fingerprint density at radius 3 is 2.25 bits per heavy atom. The molecule has 0 spiro atoms. The van der Waals surface area contributed by atoms with Crippen molar-refractivity contribution in [1.82, 2.24) is 15.1 Å². The van der Waals surface area contributed by atoms with Crippen molar-refractivity contribution in [2.75, 3.05) is 33.2 Å². The second-order valence-electron chi connectivity index (χ2n) is 3.53. The number of likely N-dealkylation sites (N-methyl/N-ethyl adjacent to an activating group) is 1. The molecule has 16 heavy (non-hydrogen) atoms. The molecule has 1 unspecified atom stereocenters. The highest BCUT2D eigenvalue weighted by atomic mass is 16.4. The normalized spacial score (nSPS) is 18.1. The lowest BCUT2D eigenvalue weighted by Gasteiger charge is -2.33. The molecule has 0 saturated carbocycles. The van der Waals surface area contributed by atoms with Gasteiger partial charge in [0.1, 0.15) is 0 Å². The molecular weight excluding hydrogens is 214 g/mol. The van der Waals surface area contributed by atoms with Gasteiger partial charge in [-0.3, -0.25) is 14.9 Å². The van der Waals surface area contributed by atoms with Gasteiger partial charge in [0.05, 0.1) is 0 Å². The molecule has 1 aliphatic rings. The van der Waals surface area contributed by atoms with Gasteiger partial charge >= 0.3 is 5.97 Å². The van der Waals surface area contributed by atoms with E-state index in [2.05, 4.69) is 5.32 Å². The molecule has 1 saturated heterocycles. The van der Waals surface area contributed by atoms with Crippen LogP contribution in [-0.2, 0) is 14.4 Å². The van der Waals surface area contributed by atoms with Crippen LogP contribution in [0.15, 0.2) is 0 Å². The van der Waals surface area contributed by atoms with E-state index in [0.29, 0.717) is 26.2 Å². The Morgan fingerprint density at radius 2 is 1.88 bits per heavy atom. The fraction of sp³-hybridized carbons (Fsp3) is 0.667. The summed E-state index contributed by atoms with van der Waals surface area (Å²) in [5, 5.41) is 11.2. The number of carbonyl (C=O) groups excluding carboxylic acids is 2. The quantitative estimate of drug-likeness (QED) is 0.428. The highest BCUT2D eigenvalue weighted by molar-refractivity contribution is 6.01. The molecule has 2 amide bonds. The summed E-state index contributed by atoms with van der Waals surface area (Å²) in [5.74, 6) is -1.65. The smallest absolute Gasteiger partial charge is 0.330 e. The molecule has 2 N–H and O–H groups in total. The number of amides is 2. The Labute approximate surface area is 93.0 Å². The molecule has 0 aromatic heterocycles. The van der Waals surface area contributed by atoms with Crippen LogP contribution in [0.4, 0.5) is 0 Å². The lowest BCUT2D eigenvalue weighted by Crippen LogP contribution is -2.55. The number of carboxylic acid groups (broad SMARTS) is 1. The fourth-order valence-electron chi connectivity index (χ4n) is 1.58. The largest absolute Gasteiger partial charge is 0.480 e. The van der Waals surface area contributed by atoms with Crippen molar-refractivity contribution in [3.8, 4) is 0 Å². The highest BCUT2D eigenvalue weighted by Crippen LogP contribution is 2.02. The molecule has 1 aliphatic heterocycles. The molecule has 90 valence electrons. The van der Waals surface area contributed by atoms with Crippen LogP contribution in [0.25, 0.3) is 0 Å². The predicted molar refractivity (Wildman–Crippen MR) is 54.7 cm³/mol. The minimum absolute atomic E-state index is 0.378. The van der Waals surface area contributed by atoms with Crippen LogP contribution in [0.5, 0.6) is 0 Å². The predicted octanol–water partition coefficient (Wildman–Crippen LogP) is -2.04. The maximum Gasteiger partial charge on any atom is 0.330 e. The Bertz CT molecular complexity index is 286. The zero-order valence-corrected chi connectivity index (χ0v) is 9.05. The van der Waals surface area contributed by atoms with Crippen molar-refractivity contribution >= 4 is 18.3 Å².